The highest BCUT2D eigenvalue weighted by Gasteiger charge is 2.17. The molecule has 106 valence electrons. The highest BCUT2D eigenvalue weighted by atomic mass is 32.2. The first-order valence-electron chi connectivity index (χ1n) is 6.24. The van der Waals surface area contributed by atoms with Crippen LogP contribution < -0.4 is 10.0 Å². The maximum atomic E-state index is 12.1. The fraction of sp³-hybridized carbons (Fsp3) is 0.500. The summed E-state index contributed by atoms with van der Waals surface area (Å²) in [5.74, 6) is 0.892. The summed E-state index contributed by atoms with van der Waals surface area (Å²) in [6, 6.07) is 5.11. The lowest BCUT2D eigenvalue weighted by atomic mass is 10.2. The Morgan fingerprint density at radius 3 is 2.95 bits per heavy atom. The molecule has 7 heteroatoms. The monoisotopic (exact) mass is 302 g/mol. The van der Waals surface area contributed by atoms with Gasteiger partial charge in [-0.2, -0.15) is 0 Å². The molecule has 0 bridgehead atoms. The van der Waals surface area contributed by atoms with E-state index in [0.717, 1.165) is 24.2 Å². The third kappa shape index (κ3) is 3.55. The van der Waals surface area contributed by atoms with Crippen molar-refractivity contribution in [1.82, 2.24) is 4.72 Å². The van der Waals surface area contributed by atoms with Crippen molar-refractivity contribution in [3.63, 3.8) is 0 Å². The maximum absolute atomic E-state index is 12.1. The van der Waals surface area contributed by atoms with Crippen LogP contribution in [-0.4, -0.2) is 37.2 Å². The SMILES string of the molecule is CCS(=O)CCNS(=O)(=O)c1ccc2c(c1)NCC2. The first-order valence-corrected chi connectivity index (χ1v) is 9.21. The molecule has 0 saturated carbocycles. The summed E-state index contributed by atoms with van der Waals surface area (Å²) in [6.07, 6.45) is 0.929. The average molecular weight is 302 g/mol. The molecule has 0 amide bonds. The van der Waals surface area contributed by atoms with Gasteiger partial charge in [-0.3, -0.25) is 4.21 Å². The molecule has 1 heterocycles. The smallest absolute Gasteiger partial charge is 0.240 e. The lowest BCUT2D eigenvalue weighted by molar-refractivity contribution is 0.584. The first kappa shape index (κ1) is 14.5. The minimum Gasteiger partial charge on any atom is -0.384 e. The molecule has 0 spiro atoms. The Kier molecular flexibility index (Phi) is 4.59. The molecule has 0 fully saturated rings. The third-order valence-electron chi connectivity index (χ3n) is 3.05. The number of fused-ring (bicyclic) bond motifs is 1. The quantitative estimate of drug-likeness (QED) is 0.811. The van der Waals surface area contributed by atoms with E-state index in [1.807, 2.05) is 13.0 Å². The highest BCUT2D eigenvalue weighted by molar-refractivity contribution is 7.89. The Labute approximate surface area is 116 Å². The van der Waals surface area contributed by atoms with Crippen molar-refractivity contribution in [3.05, 3.63) is 23.8 Å². The minimum atomic E-state index is -3.51. The second-order valence-corrected chi connectivity index (χ2v) is 7.96. The Morgan fingerprint density at radius 2 is 2.21 bits per heavy atom. The zero-order valence-corrected chi connectivity index (χ0v) is 12.4. The van der Waals surface area contributed by atoms with Crippen LogP contribution in [0.25, 0.3) is 0 Å². The summed E-state index contributed by atoms with van der Waals surface area (Å²) in [6.45, 7) is 2.87. The van der Waals surface area contributed by atoms with Gasteiger partial charge in [0.2, 0.25) is 10.0 Å². The van der Waals surface area contributed by atoms with Crippen LogP contribution in [0.3, 0.4) is 0 Å². The number of sulfonamides is 1. The van der Waals surface area contributed by atoms with Crippen LogP contribution in [0.1, 0.15) is 12.5 Å². The normalized spacial score (nSPS) is 15.8. The van der Waals surface area contributed by atoms with Gasteiger partial charge in [0.15, 0.2) is 0 Å². The Bertz CT molecular complexity index is 585. The van der Waals surface area contributed by atoms with Crippen molar-refractivity contribution in [1.29, 1.82) is 0 Å². The number of anilines is 1. The average Bonchev–Trinajstić information content (AvgIpc) is 2.85. The summed E-state index contributed by atoms with van der Waals surface area (Å²) < 4.78 is 37.9. The molecule has 0 aliphatic carbocycles. The molecular formula is C12H18N2O3S2. The van der Waals surface area contributed by atoms with E-state index in [9.17, 15) is 12.6 Å². The first-order chi connectivity index (χ1) is 9.03. The fourth-order valence-electron chi connectivity index (χ4n) is 1.95. The summed E-state index contributed by atoms with van der Waals surface area (Å²) >= 11 is 0. The van der Waals surface area contributed by atoms with E-state index in [-0.39, 0.29) is 11.4 Å². The maximum Gasteiger partial charge on any atom is 0.240 e. The van der Waals surface area contributed by atoms with Crippen LogP contribution in [0.2, 0.25) is 0 Å². The standard InChI is InChI=1S/C12H18N2O3S2/c1-2-18(15)8-7-14-19(16,17)11-4-3-10-5-6-13-12(10)9-11/h3-4,9,13-14H,2,5-8H2,1H3. The van der Waals surface area contributed by atoms with Crippen LogP contribution in [-0.2, 0) is 27.2 Å². The lowest BCUT2D eigenvalue weighted by Gasteiger charge is -2.08. The number of nitrogens with one attached hydrogen (secondary N) is 2. The van der Waals surface area contributed by atoms with Gasteiger partial charge in [-0.15, -0.1) is 0 Å². The van der Waals surface area contributed by atoms with Gasteiger partial charge in [0.25, 0.3) is 0 Å². The van der Waals surface area contributed by atoms with Crippen molar-refractivity contribution >= 4 is 26.5 Å². The summed E-state index contributed by atoms with van der Waals surface area (Å²) in [4.78, 5) is 0.253. The number of hydrogen-bond donors (Lipinski definition) is 2. The number of benzene rings is 1. The van der Waals surface area contributed by atoms with Crippen molar-refractivity contribution in [2.75, 3.05) is 29.9 Å². The Morgan fingerprint density at radius 1 is 1.42 bits per heavy atom. The van der Waals surface area contributed by atoms with Crippen molar-refractivity contribution < 1.29 is 12.6 Å². The van der Waals surface area contributed by atoms with E-state index < -0.39 is 20.8 Å². The second-order valence-electron chi connectivity index (χ2n) is 4.33. The molecule has 1 aromatic rings. The van der Waals surface area contributed by atoms with Crippen molar-refractivity contribution in [2.45, 2.75) is 18.2 Å². The molecule has 1 aliphatic heterocycles. The molecule has 2 rings (SSSR count). The molecule has 0 aromatic heterocycles. The van der Waals surface area contributed by atoms with Gasteiger partial charge in [-0.05, 0) is 24.1 Å². The molecule has 0 radical (unpaired) electrons. The van der Waals surface area contributed by atoms with Gasteiger partial charge in [0.05, 0.1) is 4.90 Å². The van der Waals surface area contributed by atoms with Gasteiger partial charge in [-0.25, -0.2) is 13.1 Å². The van der Waals surface area contributed by atoms with Gasteiger partial charge in [0, 0.05) is 41.1 Å². The van der Waals surface area contributed by atoms with Gasteiger partial charge in [-0.1, -0.05) is 13.0 Å². The van der Waals surface area contributed by atoms with Gasteiger partial charge < -0.3 is 5.32 Å². The Hall–Kier alpha value is -0.920. The molecular weight excluding hydrogens is 284 g/mol. The van der Waals surface area contributed by atoms with Crippen LogP contribution in [0.5, 0.6) is 0 Å². The van der Waals surface area contributed by atoms with Gasteiger partial charge in [0.1, 0.15) is 0 Å². The van der Waals surface area contributed by atoms with E-state index in [2.05, 4.69) is 10.0 Å². The van der Waals surface area contributed by atoms with Crippen molar-refractivity contribution in [2.24, 2.45) is 0 Å². The van der Waals surface area contributed by atoms with E-state index >= 15 is 0 Å². The zero-order chi connectivity index (χ0) is 13.9. The largest absolute Gasteiger partial charge is 0.384 e. The van der Waals surface area contributed by atoms with Gasteiger partial charge >= 0.3 is 0 Å². The summed E-state index contributed by atoms with van der Waals surface area (Å²) in [5.41, 5.74) is 2.03. The van der Waals surface area contributed by atoms with E-state index in [1.165, 1.54) is 0 Å². The van der Waals surface area contributed by atoms with Crippen molar-refractivity contribution in [3.8, 4) is 0 Å². The number of rotatable bonds is 6. The molecule has 1 atom stereocenters. The van der Waals surface area contributed by atoms with Crippen LogP contribution in [0.4, 0.5) is 5.69 Å². The molecule has 1 aliphatic rings. The van der Waals surface area contributed by atoms with Crippen LogP contribution in [0.15, 0.2) is 23.1 Å². The Balaban J connectivity index is 2.05. The van der Waals surface area contributed by atoms with E-state index in [1.54, 1.807) is 12.1 Å². The predicted octanol–water partition coefficient (Wildman–Crippen LogP) is 0.701. The predicted molar refractivity (Wildman–Crippen MR) is 77.4 cm³/mol. The molecule has 2 N–H and O–H groups in total. The van der Waals surface area contributed by atoms with E-state index in [4.69, 9.17) is 0 Å². The third-order valence-corrected chi connectivity index (χ3v) is 5.81. The second kappa shape index (κ2) is 6.02. The lowest BCUT2D eigenvalue weighted by Crippen LogP contribution is -2.28. The molecule has 0 saturated heterocycles. The number of hydrogen-bond acceptors (Lipinski definition) is 4. The molecule has 1 unspecified atom stereocenters. The summed E-state index contributed by atoms with van der Waals surface area (Å²) in [7, 11) is -4.47. The fourth-order valence-corrected chi connectivity index (χ4v) is 3.76. The zero-order valence-electron chi connectivity index (χ0n) is 10.8. The topological polar surface area (TPSA) is 75.3 Å². The molecule has 1 aromatic carbocycles. The van der Waals surface area contributed by atoms with Crippen LogP contribution >= 0.6 is 0 Å². The summed E-state index contributed by atoms with van der Waals surface area (Å²) in [5, 5.41) is 3.16. The molecule has 5 nitrogen and oxygen atoms in total. The van der Waals surface area contributed by atoms with E-state index in [0.29, 0.717) is 11.5 Å². The van der Waals surface area contributed by atoms with Crippen LogP contribution in [0, 0.1) is 0 Å². The minimum absolute atomic E-state index is 0.202. The highest BCUT2D eigenvalue weighted by Crippen LogP contribution is 2.25. The molecule has 19 heavy (non-hydrogen) atoms.